The third-order valence-corrected chi connectivity index (χ3v) is 9.61. The molecular weight excluding hydrogens is 610 g/mol. The second-order valence-corrected chi connectivity index (χ2v) is 13.0. The number of fused-ring (bicyclic) bond motifs is 3. The Labute approximate surface area is 255 Å². The lowest BCUT2D eigenvalue weighted by Crippen LogP contribution is -2.42. The van der Waals surface area contributed by atoms with Crippen LogP contribution in [-0.2, 0) is 30.2 Å². The number of alkyl halides is 1. The zero-order valence-corrected chi connectivity index (χ0v) is 26.7. The number of aliphatic hydroxyl groups is 2. The number of esters is 1. The van der Waals surface area contributed by atoms with Gasteiger partial charge in [-0.1, -0.05) is 54.1 Å². The van der Waals surface area contributed by atoms with Crippen molar-refractivity contribution >= 4 is 33.4 Å². The van der Waals surface area contributed by atoms with Gasteiger partial charge in [0.1, 0.15) is 24.2 Å². The monoisotopic (exact) mass is 653 g/mol. The Hall–Kier alpha value is -2.31. The van der Waals surface area contributed by atoms with Crippen LogP contribution in [0.1, 0.15) is 71.9 Å². The molecule has 10 nitrogen and oxygen atoms in total. The smallest absolute Gasteiger partial charge is 0.335 e. The van der Waals surface area contributed by atoms with Gasteiger partial charge >= 0.3 is 11.9 Å². The Morgan fingerprint density at radius 2 is 2.02 bits per heavy atom. The van der Waals surface area contributed by atoms with Crippen molar-refractivity contribution in [1.82, 2.24) is 4.98 Å². The number of carboxylic acid groups (broad SMARTS) is 1. The average molecular weight is 655 g/mol. The van der Waals surface area contributed by atoms with E-state index in [-0.39, 0.29) is 18.3 Å². The second-order valence-electron chi connectivity index (χ2n) is 12.0. The van der Waals surface area contributed by atoms with E-state index < -0.39 is 52.4 Å². The Morgan fingerprint density at radius 1 is 1.31 bits per heavy atom. The molecule has 3 heterocycles. The number of allylic oxidation sites excluding steroid dienone is 1. The molecule has 0 saturated carbocycles. The van der Waals surface area contributed by atoms with E-state index in [1.807, 2.05) is 13.8 Å². The molecule has 0 radical (unpaired) electrons. The van der Waals surface area contributed by atoms with Crippen molar-refractivity contribution in [2.24, 2.45) is 11.8 Å². The first-order valence-electron chi connectivity index (χ1n) is 14.3. The summed E-state index contributed by atoms with van der Waals surface area (Å²) in [5.41, 5.74) is -1.27. The molecule has 5 unspecified atom stereocenters. The molecule has 1 fully saturated rings. The summed E-state index contributed by atoms with van der Waals surface area (Å²) in [4.78, 5) is 28.4. The molecule has 234 valence electrons. The van der Waals surface area contributed by atoms with Gasteiger partial charge in [0.15, 0.2) is 11.5 Å². The molecule has 3 N–H and O–H groups in total. The van der Waals surface area contributed by atoms with Crippen LogP contribution in [0.15, 0.2) is 41.1 Å². The predicted molar refractivity (Wildman–Crippen MR) is 160 cm³/mol. The van der Waals surface area contributed by atoms with Crippen LogP contribution in [0.25, 0.3) is 5.57 Å². The van der Waals surface area contributed by atoms with Crippen molar-refractivity contribution < 1.29 is 43.5 Å². The topological polar surface area (TPSA) is 149 Å². The van der Waals surface area contributed by atoms with Crippen molar-refractivity contribution in [3.63, 3.8) is 0 Å². The molecule has 42 heavy (non-hydrogen) atoms. The van der Waals surface area contributed by atoms with Crippen LogP contribution < -0.4 is 0 Å². The zero-order valence-electron chi connectivity index (χ0n) is 25.2. The molecule has 2 bridgehead atoms. The van der Waals surface area contributed by atoms with Gasteiger partial charge in [0.2, 0.25) is 0 Å². The second kappa shape index (κ2) is 14.4. The fourth-order valence-corrected chi connectivity index (χ4v) is 5.82. The first-order valence-corrected chi connectivity index (χ1v) is 15.2. The van der Waals surface area contributed by atoms with Gasteiger partial charge in [0.25, 0.3) is 0 Å². The molecule has 11 heteroatoms. The number of hydrogen-bond acceptors (Lipinski definition) is 9. The molecule has 9 atom stereocenters. The Balaban J connectivity index is 1.88. The molecule has 0 aromatic carbocycles. The highest BCUT2D eigenvalue weighted by Gasteiger charge is 2.55. The highest BCUT2D eigenvalue weighted by Crippen LogP contribution is 2.43. The number of aryl methyl sites for hydroxylation is 1. The molecule has 1 aromatic rings. The third-order valence-electron chi connectivity index (χ3n) is 8.12. The number of carbonyl (C=O) groups is 2. The highest BCUT2D eigenvalue weighted by molar-refractivity contribution is 9.09. The number of nitrogens with zero attached hydrogens (tertiary/aromatic N) is 1. The van der Waals surface area contributed by atoms with Gasteiger partial charge in [-0.2, -0.15) is 0 Å². The van der Waals surface area contributed by atoms with Crippen LogP contribution in [0, 0.1) is 11.8 Å². The van der Waals surface area contributed by atoms with E-state index >= 15 is 0 Å². The molecule has 3 rings (SSSR count). The number of methoxy groups -OCH3 is 1. The van der Waals surface area contributed by atoms with Gasteiger partial charge < -0.3 is 33.9 Å². The number of oxazole rings is 1. The minimum atomic E-state index is -1.88. The summed E-state index contributed by atoms with van der Waals surface area (Å²) in [6.07, 6.45) is 9.38. The number of carboxylic acids is 1. The van der Waals surface area contributed by atoms with E-state index in [1.165, 1.54) is 13.0 Å². The fraction of sp³-hybridized carbons (Fsp3) is 0.645. The number of ether oxygens (including phenoxy) is 3. The Morgan fingerprint density at radius 3 is 2.69 bits per heavy atom. The van der Waals surface area contributed by atoms with Crippen LogP contribution in [0.2, 0.25) is 0 Å². The molecule has 0 amide bonds. The van der Waals surface area contributed by atoms with Crippen molar-refractivity contribution in [1.29, 1.82) is 0 Å². The maximum Gasteiger partial charge on any atom is 0.335 e. The Kier molecular flexibility index (Phi) is 11.8. The quantitative estimate of drug-likeness (QED) is 0.225. The lowest BCUT2D eigenvalue weighted by Gasteiger charge is -2.29. The minimum Gasteiger partial charge on any atom is -0.479 e. The van der Waals surface area contributed by atoms with Crippen molar-refractivity contribution in [2.45, 2.75) is 107 Å². The van der Waals surface area contributed by atoms with Gasteiger partial charge in [-0.05, 0) is 51.5 Å². The van der Waals surface area contributed by atoms with Gasteiger partial charge in [-0.15, -0.1) is 0 Å². The number of hydrogen-bond donors (Lipinski definition) is 3. The van der Waals surface area contributed by atoms with Gasteiger partial charge in [-0.25, -0.2) is 14.6 Å². The normalized spacial score (nSPS) is 36.6. The first-order chi connectivity index (χ1) is 19.7. The third kappa shape index (κ3) is 8.63. The molecule has 2 aliphatic heterocycles. The molecular formula is C31H44BrNO9. The fourth-order valence-electron chi connectivity index (χ4n) is 5.12. The van der Waals surface area contributed by atoms with Crippen molar-refractivity contribution in [2.75, 3.05) is 7.11 Å². The van der Waals surface area contributed by atoms with E-state index in [9.17, 15) is 24.9 Å². The lowest BCUT2D eigenvalue weighted by molar-refractivity contribution is -0.156. The number of aliphatic hydroxyl groups excluding tert-OH is 1. The predicted octanol–water partition coefficient (Wildman–Crippen LogP) is 4.62. The van der Waals surface area contributed by atoms with Crippen molar-refractivity contribution in [3.05, 3.63) is 48.2 Å². The summed E-state index contributed by atoms with van der Waals surface area (Å²) in [6.45, 7) is 8.90. The Bertz CT molecular complexity index is 1170. The summed E-state index contributed by atoms with van der Waals surface area (Å²) in [5.74, 6) is -1.43. The summed E-state index contributed by atoms with van der Waals surface area (Å²) >= 11 is 3.73. The summed E-state index contributed by atoms with van der Waals surface area (Å²) in [5, 5.41) is 29.9. The number of carbonyl (C=O) groups excluding carboxylic acids is 1. The van der Waals surface area contributed by atoms with Gasteiger partial charge in [0, 0.05) is 31.9 Å². The van der Waals surface area contributed by atoms with E-state index in [1.54, 1.807) is 44.6 Å². The number of halogens is 1. The number of aromatic nitrogens is 1. The molecule has 1 aromatic heterocycles. The van der Waals surface area contributed by atoms with Gasteiger partial charge in [-0.3, -0.25) is 0 Å². The van der Waals surface area contributed by atoms with Crippen LogP contribution in [0.5, 0.6) is 0 Å². The van der Waals surface area contributed by atoms with E-state index in [0.29, 0.717) is 30.8 Å². The number of aliphatic carboxylic acids is 1. The SMILES string of the molecule is COC1CC(C)CCc2nc(co2)/C(C)=C/C(O)[C@@H](C)/C=C/C(=O)O[C@@H]2C1O[C@](C)(C/C=C\C[C@](C)(O)C(=O)O)C2Br. The highest BCUT2D eigenvalue weighted by atomic mass is 79.9. The lowest BCUT2D eigenvalue weighted by atomic mass is 9.91. The first kappa shape index (κ1) is 34.2. The molecule has 0 spiro atoms. The minimum absolute atomic E-state index is 0.0685. The average Bonchev–Trinajstić information content (AvgIpc) is 3.50. The van der Waals surface area contributed by atoms with Crippen LogP contribution in [0.3, 0.4) is 0 Å². The molecule has 2 aliphatic rings. The van der Waals surface area contributed by atoms with Crippen LogP contribution >= 0.6 is 15.9 Å². The zero-order chi connectivity index (χ0) is 31.2. The van der Waals surface area contributed by atoms with Crippen LogP contribution in [-0.4, -0.2) is 79.8 Å². The largest absolute Gasteiger partial charge is 0.479 e. The summed E-state index contributed by atoms with van der Waals surface area (Å²) in [6, 6.07) is 0. The van der Waals surface area contributed by atoms with E-state index in [0.717, 1.165) is 12.0 Å². The standard InChI is InChI=1S/C31H44BrNO9/c1-18-9-11-24-33-21(17-40-24)20(3)16-22(34)19(2)10-12-25(35)41-27-26(23(15-18)39-6)42-31(5,28(27)32)14-8-7-13-30(4,38)29(36)37/h7-8,10,12,16-19,22-23,26-28,34,38H,9,11,13-15H2,1-6H3,(H,36,37)/b8-7-,12-10+,20-16+/t18?,19-,22?,23?,26?,27+,28?,30-,31+/m0/s1. The van der Waals surface area contributed by atoms with Gasteiger partial charge in [0.05, 0.1) is 22.6 Å². The maximum atomic E-state index is 13.0. The summed E-state index contributed by atoms with van der Waals surface area (Å²) in [7, 11) is 1.61. The molecule has 1 saturated heterocycles. The van der Waals surface area contributed by atoms with Crippen molar-refractivity contribution in [3.8, 4) is 0 Å². The van der Waals surface area contributed by atoms with E-state index in [2.05, 4.69) is 27.8 Å². The number of rotatable bonds is 6. The van der Waals surface area contributed by atoms with E-state index in [4.69, 9.17) is 18.6 Å². The summed E-state index contributed by atoms with van der Waals surface area (Å²) < 4.78 is 24.2. The van der Waals surface area contributed by atoms with Crippen LogP contribution in [0.4, 0.5) is 0 Å². The maximum absolute atomic E-state index is 13.0. The molecule has 0 aliphatic carbocycles.